The molecule has 1 fully saturated rings. The first kappa shape index (κ1) is 12.7. The Bertz CT molecular complexity index is 618. The minimum absolute atomic E-state index is 0.0167. The van der Waals surface area contributed by atoms with Gasteiger partial charge in [-0.05, 0) is 23.6 Å². The van der Waals surface area contributed by atoms with E-state index in [0.717, 1.165) is 23.2 Å². The smallest absolute Gasteiger partial charge is 0.228 e. The van der Waals surface area contributed by atoms with E-state index in [-0.39, 0.29) is 17.7 Å². The molecule has 20 heavy (non-hydrogen) atoms. The molecule has 102 valence electrons. The number of fused-ring (bicyclic) bond motifs is 1. The molecule has 1 aromatic carbocycles. The van der Waals surface area contributed by atoms with E-state index in [1.807, 2.05) is 18.2 Å². The summed E-state index contributed by atoms with van der Waals surface area (Å²) in [5, 5.41) is 11.7. The Labute approximate surface area is 117 Å². The highest BCUT2D eigenvalue weighted by molar-refractivity contribution is 5.99. The molecule has 0 spiro atoms. The summed E-state index contributed by atoms with van der Waals surface area (Å²) in [6.45, 7) is 1.18. The molecule has 2 heterocycles. The van der Waals surface area contributed by atoms with Crippen molar-refractivity contribution in [2.75, 3.05) is 11.9 Å². The number of benzene rings is 1. The maximum Gasteiger partial charge on any atom is 0.228 e. The number of piperidine rings is 1. The van der Waals surface area contributed by atoms with Crippen LogP contribution in [0.3, 0.4) is 0 Å². The molecule has 1 saturated heterocycles. The van der Waals surface area contributed by atoms with Gasteiger partial charge >= 0.3 is 0 Å². The van der Waals surface area contributed by atoms with E-state index < -0.39 is 0 Å². The van der Waals surface area contributed by atoms with E-state index in [4.69, 9.17) is 5.26 Å². The fourth-order valence-corrected chi connectivity index (χ4v) is 2.76. The second kappa shape index (κ2) is 4.97. The Balaban J connectivity index is 1.70. The second-order valence-electron chi connectivity index (χ2n) is 5.35. The third kappa shape index (κ3) is 2.37. The average Bonchev–Trinajstić information content (AvgIpc) is 2.80. The van der Waals surface area contributed by atoms with Crippen molar-refractivity contribution in [3.8, 4) is 6.07 Å². The van der Waals surface area contributed by atoms with Gasteiger partial charge in [-0.2, -0.15) is 5.26 Å². The van der Waals surface area contributed by atoms with Gasteiger partial charge in [-0.15, -0.1) is 0 Å². The number of nitriles is 1. The molecule has 0 bridgehead atoms. The number of hydrogen-bond donors (Lipinski definition) is 1. The van der Waals surface area contributed by atoms with Crippen LogP contribution in [0.25, 0.3) is 0 Å². The first-order chi connectivity index (χ1) is 9.65. The maximum atomic E-state index is 12.0. The van der Waals surface area contributed by atoms with E-state index in [2.05, 4.69) is 11.4 Å². The molecule has 0 radical (unpaired) electrons. The monoisotopic (exact) mass is 269 g/mol. The number of carbonyl (C=O) groups is 2. The highest BCUT2D eigenvalue weighted by atomic mass is 16.2. The minimum Gasteiger partial charge on any atom is -0.338 e. The number of anilines is 1. The number of carbonyl (C=O) groups excluding carboxylic acids is 2. The van der Waals surface area contributed by atoms with Crippen LogP contribution < -0.4 is 5.32 Å². The normalized spacial score (nSPS) is 21.4. The Morgan fingerprint density at radius 2 is 2.25 bits per heavy atom. The predicted molar refractivity (Wildman–Crippen MR) is 72.5 cm³/mol. The highest BCUT2D eigenvalue weighted by Gasteiger charge is 2.26. The first-order valence-corrected chi connectivity index (χ1v) is 6.75. The summed E-state index contributed by atoms with van der Waals surface area (Å²) in [7, 11) is 0. The number of hydrogen-bond acceptors (Lipinski definition) is 3. The summed E-state index contributed by atoms with van der Waals surface area (Å²) in [5.74, 6) is -0.0823. The van der Waals surface area contributed by atoms with E-state index >= 15 is 0 Å². The number of nitrogens with zero attached hydrogens (tertiary/aromatic N) is 2. The third-order valence-electron chi connectivity index (χ3n) is 3.87. The molecule has 1 N–H and O–H groups in total. The lowest BCUT2D eigenvalue weighted by Gasteiger charge is -2.29. The molecule has 2 amide bonds. The second-order valence-corrected chi connectivity index (χ2v) is 5.35. The summed E-state index contributed by atoms with van der Waals surface area (Å²) in [6.07, 6.45) is 1.47. The van der Waals surface area contributed by atoms with Crippen molar-refractivity contribution in [2.45, 2.75) is 25.8 Å². The van der Waals surface area contributed by atoms with Crippen molar-refractivity contribution in [3.05, 3.63) is 29.3 Å². The van der Waals surface area contributed by atoms with Gasteiger partial charge in [0.25, 0.3) is 0 Å². The van der Waals surface area contributed by atoms with Gasteiger partial charge in [-0.25, -0.2) is 0 Å². The van der Waals surface area contributed by atoms with E-state index in [1.165, 1.54) is 0 Å². The number of rotatable bonds is 2. The molecule has 2 aliphatic rings. The molecular formula is C15H15N3O2. The topological polar surface area (TPSA) is 73.2 Å². The lowest BCUT2D eigenvalue weighted by atomic mass is 9.97. The maximum absolute atomic E-state index is 12.0. The average molecular weight is 269 g/mol. The molecule has 0 saturated carbocycles. The molecular weight excluding hydrogens is 254 g/mol. The third-order valence-corrected chi connectivity index (χ3v) is 3.87. The Morgan fingerprint density at radius 1 is 1.40 bits per heavy atom. The fraction of sp³-hybridized carbons (Fsp3) is 0.400. The van der Waals surface area contributed by atoms with Crippen molar-refractivity contribution in [3.63, 3.8) is 0 Å². The zero-order valence-electron chi connectivity index (χ0n) is 11.1. The Morgan fingerprint density at radius 3 is 3.00 bits per heavy atom. The van der Waals surface area contributed by atoms with Crippen molar-refractivity contribution in [1.29, 1.82) is 5.26 Å². The first-order valence-electron chi connectivity index (χ1n) is 6.75. The van der Waals surface area contributed by atoms with Gasteiger partial charge in [-0.1, -0.05) is 12.1 Å². The van der Waals surface area contributed by atoms with Crippen molar-refractivity contribution in [2.24, 2.45) is 5.92 Å². The molecule has 1 aromatic rings. The number of nitrogens with one attached hydrogen (secondary N) is 1. The summed E-state index contributed by atoms with van der Waals surface area (Å²) >= 11 is 0. The summed E-state index contributed by atoms with van der Waals surface area (Å²) in [4.78, 5) is 25.1. The highest BCUT2D eigenvalue weighted by Crippen LogP contribution is 2.25. The molecule has 0 aliphatic carbocycles. The molecule has 2 aliphatic heterocycles. The summed E-state index contributed by atoms with van der Waals surface area (Å²) in [5.41, 5.74) is 2.89. The summed E-state index contributed by atoms with van der Waals surface area (Å²) in [6, 6.07) is 7.98. The van der Waals surface area contributed by atoms with Crippen molar-refractivity contribution >= 4 is 17.5 Å². The van der Waals surface area contributed by atoms with Crippen LogP contribution in [0.2, 0.25) is 0 Å². The summed E-state index contributed by atoms with van der Waals surface area (Å²) < 4.78 is 0. The largest absolute Gasteiger partial charge is 0.338 e. The van der Waals surface area contributed by atoms with E-state index in [1.54, 1.807) is 4.90 Å². The fourth-order valence-electron chi connectivity index (χ4n) is 2.76. The van der Waals surface area contributed by atoms with Gasteiger partial charge in [-0.3, -0.25) is 9.59 Å². The van der Waals surface area contributed by atoms with Crippen LogP contribution in [0.15, 0.2) is 18.2 Å². The van der Waals surface area contributed by atoms with Crippen LogP contribution in [0.4, 0.5) is 5.69 Å². The van der Waals surface area contributed by atoms with Crippen molar-refractivity contribution < 1.29 is 9.59 Å². The van der Waals surface area contributed by atoms with Crippen LogP contribution in [-0.4, -0.2) is 23.3 Å². The Kier molecular flexibility index (Phi) is 3.15. The lowest BCUT2D eigenvalue weighted by molar-refractivity contribution is -0.134. The van der Waals surface area contributed by atoms with Crippen LogP contribution in [0.1, 0.15) is 24.0 Å². The lowest BCUT2D eigenvalue weighted by Crippen LogP contribution is -2.37. The van der Waals surface area contributed by atoms with Gasteiger partial charge in [0.05, 0.1) is 18.4 Å². The molecule has 3 rings (SSSR count). The SMILES string of the molecule is N#CC1CCN(Cc2ccc3c(c2)CC(=O)N3)C(=O)C1. The van der Waals surface area contributed by atoms with Gasteiger partial charge < -0.3 is 10.2 Å². The molecule has 1 unspecified atom stereocenters. The van der Waals surface area contributed by atoms with Gasteiger partial charge in [0.1, 0.15) is 0 Å². The molecule has 5 heteroatoms. The van der Waals surface area contributed by atoms with Crippen LogP contribution in [-0.2, 0) is 22.6 Å². The molecule has 0 aromatic heterocycles. The molecule has 1 atom stereocenters. The minimum atomic E-state index is -0.138. The Hall–Kier alpha value is -2.35. The van der Waals surface area contributed by atoms with Gasteiger partial charge in [0, 0.05) is 25.2 Å². The van der Waals surface area contributed by atoms with Gasteiger partial charge in [0.2, 0.25) is 11.8 Å². The van der Waals surface area contributed by atoms with Gasteiger partial charge in [0.15, 0.2) is 0 Å². The zero-order chi connectivity index (χ0) is 14.1. The van der Waals surface area contributed by atoms with Crippen LogP contribution in [0, 0.1) is 17.2 Å². The van der Waals surface area contributed by atoms with Crippen LogP contribution in [0.5, 0.6) is 0 Å². The van der Waals surface area contributed by atoms with Crippen LogP contribution >= 0.6 is 0 Å². The quantitative estimate of drug-likeness (QED) is 0.883. The van der Waals surface area contributed by atoms with E-state index in [0.29, 0.717) is 25.9 Å². The standard InChI is InChI=1S/C15H15N3O2/c16-8-10-3-4-18(15(20)6-10)9-11-1-2-13-12(5-11)7-14(19)17-13/h1-2,5,10H,3-4,6-7,9H2,(H,17,19). The number of amides is 2. The zero-order valence-corrected chi connectivity index (χ0v) is 11.1. The predicted octanol–water partition coefficient (Wildman–Crippen LogP) is 1.44. The van der Waals surface area contributed by atoms with Crippen molar-refractivity contribution in [1.82, 2.24) is 4.90 Å². The van der Waals surface area contributed by atoms with E-state index in [9.17, 15) is 9.59 Å². The number of likely N-dealkylation sites (tertiary alicyclic amines) is 1. The molecule has 5 nitrogen and oxygen atoms in total.